The average molecular weight is 410 g/mol. The Morgan fingerprint density at radius 1 is 1.10 bits per heavy atom. The lowest BCUT2D eigenvalue weighted by atomic mass is 10.1. The van der Waals surface area contributed by atoms with Crippen molar-refractivity contribution in [1.82, 2.24) is 9.88 Å². The molecule has 152 valence electrons. The minimum atomic E-state index is -0.114. The van der Waals surface area contributed by atoms with Gasteiger partial charge in [0.15, 0.2) is 5.11 Å². The molecule has 0 amide bonds. The highest BCUT2D eigenvalue weighted by Crippen LogP contribution is 2.19. The summed E-state index contributed by atoms with van der Waals surface area (Å²) in [6.07, 6.45) is 0.569. The van der Waals surface area contributed by atoms with Crippen molar-refractivity contribution in [3.8, 4) is 0 Å². The van der Waals surface area contributed by atoms with E-state index in [0.29, 0.717) is 30.2 Å². The zero-order chi connectivity index (χ0) is 21.0. The molecule has 0 aliphatic rings. The highest BCUT2D eigenvalue weighted by atomic mass is 32.1. The summed E-state index contributed by atoms with van der Waals surface area (Å²) in [5, 5.41) is 14.1. The molecule has 3 rings (SSSR count). The molecule has 29 heavy (non-hydrogen) atoms. The highest BCUT2D eigenvalue weighted by Gasteiger charge is 2.14. The molecular weight excluding hydrogens is 382 g/mol. The molecule has 0 saturated carbocycles. The number of hydrogen-bond acceptors (Lipinski definition) is 3. The van der Waals surface area contributed by atoms with E-state index in [2.05, 4.69) is 22.4 Å². The van der Waals surface area contributed by atoms with Crippen molar-refractivity contribution in [3.05, 3.63) is 75.1 Å². The average Bonchev–Trinajstić information content (AvgIpc) is 2.67. The topological polar surface area (TPSA) is 68.4 Å². The van der Waals surface area contributed by atoms with Gasteiger partial charge >= 0.3 is 0 Å². The van der Waals surface area contributed by atoms with Gasteiger partial charge in [-0.2, -0.15) is 0 Å². The number of thiocarbonyl (C=S) groups is 1. The van der Waals surface area contributed by atoms with Crippen LogP contribution < -0.4 is 10.9 Å². The number of nitrogens with zero attached hydrogens (tertiary/aromatic N) is 1. The number of pyridine rings is 1. The first-order chi connectivity index (χ1) is 13.9. The number of fused-ring (bicyclic) bond motifs is 1. The number of aliphatic hydroxyl groups excluding tert-OH is 1. The van der Waals surface area contributed by atoms with Crippen molar-refractivity contribution >= 4 is 33.9 Å². The van der Waals surface area contributed by atoms with Crippen LogP contribution in [0.5, 0.6) is 0 Å². The first-order valence-electron chi connectivity index (χ1n) is 9.74. The molecule has 0 saturated heterocycles. The van der Waals surface area contributed by atoms with Gasteiger partial charge in [-0.05, 0) is 74.6 Å². The van der Waals surface area contributed by atoms with Gasteiger partial charge in [-0.1, -0.05) is 29.3 Å². The van der Waals surface area contributed by atoms with Crippen LogP contribution in [-0.2, 0) is 6.54 Å². The molecule has 1 heterocycles. The Labute approximate surface area is 176 Å². The molecular formula is C23H27N3O2S. The van der Waals surface area contributed by atoms with Crippen molar-refractivity contribution in [2.24, 2.45) is 0 Å². The summed E-state index contributed by atoms with van der Waals surface area (Å²) >= 11 is 5.60. The molecule has 3 aromatic rings. The number of nitrogens with one attached hydrogen (secondary N) is 2. The Morgan fingerprint density at radius 2 is 1.83 bits per heavy atom. The number of aromatic nitrogens is 1. The second kappa shape index (κ2) is 9.20. The summed E-state index contributed by atoms with van der Waals surface area (Å²) in [6, 6.07) is 14.0. The second-order valence-electron chi connectivity index (χ2n) is 7.46. The van der Waals surface area contributed by atoms with Crippen LogP contribution in [0.2, 0.25) is 0 Å². The lowest BCUT2D eigenvalue weighted by Gasteiger charge is -2.26. The SMILES string of the molecule is Cc1ccc(NC(=S)N(CCCO)Cc2cc3cc(C)cc(C)c3[nH]c2=O)cc1. The largest absolute Gasteiger partial charge is 0.396 e. The lowest BCUT2D eigenvalue weighted by Crippen LogP contribution is -2.37. The molecule has 0 spiro atoms. The zero-order valence-corrected chi connectivity index (χ0v) is 17.9. The third-order valence-electron chi connectivity index (χ3n) is 4.91. The second-order valence-corrected chi connectivity index (χ2v) is 7.85. The third-order valence-corrected chi connectivity index (χ3v) is 5.27. The van der Waals surface area contributed by atoms with Gasteiger partial charge in [0.25, 0.3) is 5.56 Å². The molecule has 0 bridgehead atoms. The molecule has 0 aliphatic heterocycles. The van der Waals surface area contributed by atoms with Crippen molar-refractivity contribution in [3.63, 3.8) is 0 Å². The van der Waals surface area contributed by atoms with E-state index < -0.39 is 0 Å². The van der Waals surface area contributed by atoms with Crippen molar-refractivity contribution in [2.45, 2.75) is 33.7 Å². The normalized spacial score (nSPS) is 10.9. The lowest BCUT2D eigenvalue weighted by molar-refractivity contribution is 0.266. The standard InChI is InChI=1S/C23H27N3O2S/c1-15-5-7-20(8-6-15)24-23(29)26(9-4-10-27)14-19-13-18-12-16(2)11-17(3)21(18)25-22(19)28/h5-8,11-13,27H,4,9-10,14H2,1-3H3,(H,24,29)(H,25,28). The number of rotatable bonds is 6. The maximum Gasteiger partial charge on any atom is 0.253 e. The van der Waals surface area contributed by atoms with Crippen LogP contribution in [0.4, 0.5) is 5.69 Å². The molecule has 0 aliphatic carbocycles. The molecule has 1 aromatic heterocycles. The van der Waals surface area contributed by atoms with Crippen LogP contribution in [0.1, 0.15) is 28.7 Å². The predicted octanol–water partition coefficient (Wildman–Crippen LogP) is 4.03. The van der Waals surface area contributed by atoms with E-state index in [1.165, 1.54) is 5.56 Å². The Bertz CT molecular complexity index is 1070. The number of hydrogen-bond donors (Lipinski definition) is 3. The van der Waals surface area contributed by atoms with Gasteiger partial charge in [0, 0.05) is 24.4 Å². The number of aromatic amines is 1. The first-order valence-corrected chi connectivity index (χ1v) is 10.1. The predicted molar refractivity (Wildman–Crippen MR) is 124 cm³/mol. The van der Waals surface area contributed by atoms with Gasteiger partial charge in [-0.15, -0.1) is 0 Å². The van der Waals surface area contributed by atoms with E-state index in [4.69, 9.17) is 12.2 Å². The number of benzene rings is 2. The van der Waals surface area contributed by atoms with E-state index in [0.717, 1.165) is 27.7 Å². The summed E-state index contributed by atoms with van der Waals surface area (Å²) < 4.78 is 0. The van der Waals surface area contributed by atoms with Crippen LogP contribution in [0.3, 0.4) is 0 Å². The van der Waals surface area contributed by atoms with Crippen molar-refractivity contribution in [1.29, 1.82) is 0 Å². The number of anilines is 1. The van der Waals surface area contributed by atoms with E-state index in [-0.39, 0.29) is 12.2 Å². The fraction of sp³-hybridized carbons (Fsp3) is 0.304. The van der Waals surface area contributed by atoms with Crippen LogP contribution in [0.15, 0.2) is 47.3 Å². The van der Waals surface area contributed by atoms with Crippen LogP contribution >= 0.6 is 12.2 Å². The van der Waals surface area contributed by atoms with Gasteiger partial charge in [0.1, 0.15) is 0 Å². The Balaban J connectivity index is 1.87. The first kappa shape index (κ1) is 21.0. The summed E-state index contributed by atoms with van der Waals surface area (Å²) in [7, 11) is 0. The number of aryl methyl sites for hydroxylation is 3. The van der Waals surface area contributed by atoms with Crippen LogP contribution in [0, 0.1) is 20.8 Å². The molecule has 5 nitrogen and oxygen atoms in total. The van der Waals surface area contributed by atoms with E-state index in [1.807, 2.05) is 56.0 Å². The van der Waals surface area contributed by atoms with Crippen molar-refractivity contribution < 1.29 is 5.11 Å². The molecule has 2 aromatic carbocycles. The van der Waals surface area contributed by atoms with Crippen LogP contribution in [-0.4, -0.2) is 33.3 Å². The van der Waals surface area contributed by atoms with Crippen LogP contribution in [0.25, 0.3) is 10.9 Å². The van der Waals surface area contributed by atoms with Gasteiger partial charge in [-0.3, -0.25) is 4.79 Å². The minimum absolute atomic E-state index is 0.0656. The summed E-state index contributed by atoms with van der Waals surface area (Å²) in [5.74, 6) is 0. The summed E-state index contributed by atoms with van der Waals surface area (Å²) in [5.41, 5.74) is 5.68. The van der Waals surface area contributed by atoms with Gasteiger partial charge in [-0.25, -0.2) is 0 Å². The van der Waals surface area contributed by atoms with E-state index in [9.17, 15) is 9.90 Å². The maximum absolute atomic E-state index is 12.7. The van der Waals surface area contributed by atoms with Crippen molar-refractivity contribution in [2.75, 3.05) is 18.5 Å². The quantitative estimate of drug-likeness (QED) is 0.536. The van der Waals surface area contributed by atoms with Gasteiger partial charge < -0.3 is 20.3 Å². The maximum atomic E-state index is 12.7. The molecule has 3 N–H and O–H groups in total. The fourth-order valence-electron chi connectivity index (χ4n) is 3.41. The molecule has 0 fully saturated rings. The van der Waals surface area contributed by atoms with E-state index >= 15 is 0 Å². The monoisotopic (exact) mass is 409 g/mol. The molecule has 0 unspecified atom stereocenters. The number of aliphatic hydroxyl groups is 1. The minimum Gasteiger partial charge on any atom is -0.396 e. The zero-order valence-electron chi connectivity index (χ0n) is 17.1. The Hall–Kier alpha value is -2.70. The number of H-pyrrole nitrogens is 1. The van der Waals surface area contributed by atoms with Gasteiger partial charge in [0.05, 0.1) is 12.1 Å². The summed E-state index contributed by atoms with van der Waals surface area (Å²) in [4.78, 5) is 17.6. The molecule has 0 radical (unpaired) electrons. The Morgan fingerprint density at radius 3 is 2.52 bits per heavy atom. The Kier molecular flexibility index (Phi) is 6.67. The third kappa shape index (κ3) is 5.22. The van der Waals surface area contributed by atoms with E-state index in [1.54, 1.807) is 0 Å². The summed E-state index contributed by atoms with van der Waals surface area (Å²) in [6.45, 7) is 7.07. The fourth-order valence-corrected chi connectivity index (χ4v) is 3.68. The molecule has 0 atom stereocenters. The molecule has 6 heteroatoms. The van der Waals surface area contributed by atoms with Gasteiger partial charge in [0.2, 0.25) is 0 Å². The highest BCUT2D eigenvalue weighted by molar-refractivity contribution is 7.80. The smallest absolute Gasteiger partial charge is 0.253 e.